The molecule has 0 aliphatic heterocycles. The van der Waals surface area contributed by atoms with Crippen molar-refractivity contribution in [2.24, 2.45) is 0 Å². The Balaban J connectivity index is 1.93. The van der Waals surface area contributed by atoms with Crippen LogP contribution < -0.4 is 4.90 Å². The Morgan fingerprint density at radius 1 is 0.864 bits per heavy atom. The Bertz CT molecular complexity index is 768. The summed E-state index contributed by atoms with van der Waals surface area (Å²) >= 11 is 0. The van der Waals surface area contributed by atoms with E-state index in [4.69, 9.17) is 4.52 Å². The Kier molecular flexibility index (Phi) is 3.67. The molecule has 1 aromatic heterocycles. The molecule has 0 amide bonds. The fourth-order valence-corrected chi connectivity index (χ4v) is 2.46. The number of aromatic nitrogens is 2. The van der Waals surface area contributed by atoms with Crippen molar-refractivity contribution in [1.82, 2.24) is 10.1 Å². The molecule has 1 heterocycles. The van der Waals surface area contributed by atoms with Crippen LogP contribution in [0.4, 0.5) is 5.69 Å². The summed E-state index contributed by atoms with van der Waals surface area (Å²) in [6.45, 7) is 4.13. The largest absolute Gasteiger partial charge is 0.378 e. The number of nitrogens with zero attached hydrogens (tertiary/aromatic N) is 3. The van der Waals surface area contributed by atoms with Crippen LogP contribution in [-0.4, -0.2) is 24.2 Å². The van der Waals surface area contributed by atoms with Gasteiger partial charge in [-0.2, -0.15) is 4.98 Å². The van der Waals surface area contributed by atoms with Gasteiger partial charge in [0, 0.05) is 30.9 Å². The molecule has 0 unspecified atom stereocenters. The van der Waals surface area contributed by atoms with Crippen LogP contribution in [0.2, 0.25) is 0 Å². The summed E-state index contributed by atoms with van der Waals surface area (Å²) in [6.07, 6.45) is 0. The molecule has 0 aliphatic carbocycles. The lowest BCUT2D eigenvalue weighted by atomic mass is 10.1. The number of rotatable bonds is 3. The number of aryl methyl sites for hydroxylation is 2. The summed E-state index contributed by atoms with van der Waals surface area (Å²) < 4.78 is 5.42. The second kappa shape index (κ2) is 5.64. The Labute approximate surface area is 130 Å². The van der Waals surface area contributed by atoms with Crippen molar-refractivity contribution in [2.75, 3.05) is 19.0 Å². The molecule has 0 N–H and O–H groups in total. The smallest absolute Gasteiger partial charge is 0.258 e. The van der Waals surface area contributed by atoms with Gasteiger partial charge in [0.25, 0.3) is 5.89 Å². The second-order valence-corrected chi connectivity index (χ2v) is 5.74. The Morgan fingerprint density at radius 2 is 1.50 bits per heavy atom. The Morgan fingerprint density at radius 3 is 2.09 bits per heavy atom. The van der Waals surface area contributed by atoms with Crippen LogP contribution in [0.1, 0.15) is 11.1 Å². The highest BCUT2D eigenvalue weighted by atomic mass is 16.5. The van der Waals surface area contributed by atoms with E-state index in [-0.39, 0.29) is 0 Å². The van der Waals surface area contributed by atoms with E-state index < -0.39 is 0 Å². The maximum atomic E-state index is 5.42. The predicted molar refractivity (Wildman–Crippen MR) is 89.0 cm³/mol. The van der Waals surface area contributed by atoms with Gasteiger partial charge in [0.2, 0.25) is 5.82 Å². The molecule has 0 saturated heterocycles. The average molecular weight is 293 g/mol. The first-order chi connectivity index (χ1) is 10.5. The highest BCUT2D eigenvalue weighted by Gasteiger charge is 2.11. The molecule has 112 valence electrons. The van der Waals surface area contributed by atoms with Gasteiger partial charge >= 0.3 is 0 Å². The highest BCUT2D eigenvalue weighted by Crippen LogP contribution is 2.25. The van der Waals surface area contributed by atoms with Gasteiger partial charge in [-0.15, -0.1) is 0 Å². The zero-order valence-electron chi connectivity index (χ0n) is 13.3. The van der Waals surface area contributed by atoms with Gasteiger partial charge in [0.05, 0.1) is 0 Å². The molecular formula is C18H19N3O. The van der Waals surface area contributed by atoms with Crippen LogP contribution >= 0.6 is 0 Å². The second-order valence-electron chi connectivity index (χ2n) is 5.74. The maximum absolute atomic E-state index is 5.42. The van der Waals surface area contributed by atoms with Crippen molar-refractivity contribution < 1.29 is 4.52 Å². The zero-order chi connectivity index (χ0) is 15.7. The van der Waals surface area contributed by atoms with Crippen molar-refractivity contribution in [1.29, 1.82) is 0 Å². The molecule has 0 fully saturated rings. The van der Waals surface area contributed by atoms with Crippen LogP contribution in [0.15, 0.2) is 47.0 Å². The van der Waals surface area contributed by atoms with E-state index in [1.807, 2.05) is 38.4 Å². The first kappa shape index (κ1) is 14.3. The zero-order valence-corrected chi connectivity index (χ0v) is 13.3. The fraction of sp³-hybridized carbons (Fsp3) is 0.222. The summed E-state index contributed by atoms with van der Waals surface area (Å²) in [5.41, 5.74) is 5.42. The normalized spacial score (nSPS) is 10.7. The van der Waals surface area contributed by atoms with Crippen LogP contribution in [-0.2, 0) is 0 Å². The van der Waals surface area contributed by atoms with Gasteiger partial charge in [0.1, 0.15) is 0 Å². The highest BCUT2D eigenvalue weighted by molar-refractivity contribution is 5.63. The quantitative estimate of drug-likeness (QED) is 0.729. The monoisotopic (exact) mass is 293 g/mol. The topological polar surface area (TPSA) is 42.2 Å². The molecule has 4 heteroatoms. The molecule has 3 aromatic rings. The lowest BCUT2D eigenvalue weighted by Crippen LogP contribution is -2.07. The molecule has 0 bridgehead atoms. The minimum Gasteiger partial charge on any atom is -0.378 e. The Hall–Kier alpha value is -2.62. The van der Waals surface area contributed by atoms with Gasteiger partial charge in [0.15, 0.2) is 0 Å². The van der Waals surface area contributed by atoms with Crippen LogP contribution in [0, 0.1) is 13.8 Å². The third-order valence-electron chi connectivity index (χ3n) is 3.54. The molecule has 22 heavy (non-hydrogen) atoms. The number of hydrogen-bond acceptors (Lipinski definition) is 4. The van der Waals surface area contributed by atoms with Gasteiger partial charge in [-0.05, 0) is 50.2 Å². The van der Waals surface area contributed by atoms with Crippen molar-refractivity contribution in [3.05, 3.63) is 53.6 Å². The summed E-state index contributed by atoms with van der Waals surface area (Å²) in [6, 6.07) is 14.3. The standard InChI is InChI=1S/C18H19N3O/c1-12-9-13(2)11-15(10-12)18-19-17(20-22-18)14-5-7-16(8-6-14)21(3)4/h5-11H,1-4H3. The van der Waals surface area contributed by atoms with Crippen LogP contribution in [0.5, 0.6) is 0 Å². The summed E-state index contributed by atoms with van der Waals surface area (Å²) in [4.78, 5) is 6.57. The number of anilines is 1. The molecule has 0 atom stereocenters. The summed E-state index contributed by atoms with van der Waals surface area (Å²) in [7, 11) is 4.03. The first-order valence-electron chi connectivity index (χ1n) is 7.23. The fourth-order valence-electron chi connectivity index (χ4n) is 2.46. The van der Waals surface area contributed by atoms with E-state index in [0.717, 1.165) is 16.8 Å². The van der Waals surface area contributed by atoms with Gasteiger partial charge in [-0.1, -0.05) is 22.3 Å². The molecule has 0 aliphatic rings. The molecule has 4 nitrogen and oxygen atoms in total. The van der Waals surface area contributed by atoms with E-state index in [9.17, 15) is 0 Å². The lowest BCUT2D eigenvalue weighted by molar-refractivity contribution is 0.432. The molecule has 0 saturated carbocycles. The lowest BCUT2D eigenvalue weighted by Gasteiger charge is -2.11. The van der Waals surface area contributed by atoms with Crippen LogP contribution in [0.3, 0.4) is 0 Å². The van der Waals surface area contributed by atoms with Gasteiger partial charge in [-0.3, -0.25) is 0 Å². The molecule has 0 radical (unpaired) electrons. The predicted octanol–water partition coefficient (Wildman–Crippen LogP) is 4.09. The molecule has 0 spiro atoms. The van der Waals surface area contributed by atoms with E-state index in [0.29, 0.717) is 11.7 Å². The van der Waals surface area contributed by atoms with Gasteiger partial charge < -0.3 is 9.42 Å². The maximum Gasteiger partial charge on any atom is 0.258 e. The average Bonchev–Trinajstić information content (AvgIpc) is 2.96. The minimum absolute atomic E-state index is 0.554. The SMILES string of the molecule is Cc1cc(C)cc(-c2nc(-c3ccc(N(C)C)cc3)no2)c1. The molecular weight excluding hydrogens is 274 g/mol. The van der Waals surface area contributed by atoms with Crippen molar-refractivity contribution >= 4 is 5.69 Å². The summed E-state index contributed by atoms with van der Waals surface area (Å²) in [5.74, 6) is 1.16. The summed E-state index contributed by atoms with van der Waals surface area (Å²) in [5, 5.41) is 4.10. The minimum atomic E-state index is 0.554. The number of hydrogen-bond donors (Lipinski definition) is 0. The molecule has 3 rings (SSSR count). The van der Waals surface area contributed by atoms with Gasteiger partial charge in [-0.25, -0.2) is 0 Å². The molecule has 2 aromatic carbocycles. The van der Waals surface area contributed by atoms with Crippen molar-refractivity contribution in [2.45, 2.75) is 13.8 Å². The van der Waals surface area contributed by atoms with E-state index in [1.54, 1.807) is 0 Å². The first-order valence-corrected chi connectivity index (χ1v) is 7.23. The van der Waals surface area contributed by atoms with Crippen LogP contribution in [0.25, 0.3) is 22.8 Å². The van der Waals surface area contributed by atoms with Crippen molar-refractivity contribution in [3.8, 4) is 22.8 Å². The van der Waals surface area contributed by atoms with E-state index in [1.165, 1.54) is 11.1 Å². The van der Waals surface area contributed by atoms with Crippen molar-refractivity contribution in [3.63, 3.8) is 0 Å². The van der Waals surface area contributed by atoms with E-state index in [2.05, 4.69) is 47.1 Å². The number of benzene rings is 2. The third-order valence-corrected chi connectivity index (χ3v) is 3.54. The third kappa shape index (κ3) is 2.86. The van der Waals surface area contributed by atoms with E-state index >= 15 is 0 Å².